The molecule has 0 spiro atoms. The van der Waals surface area contributed by atoms with Crippen LogP contribution in [0.15, 0.2) is 36.4 Å². The Morgan fingerprint density at radius 1 is 1.00 bits per heavy atom. The van der Waals surface area contributed by atoms with Gasteiger partial charge in [0.25, 0.3) is 0 Å². The van der Waals surface area contributed by atoms with E-state index in [0.717, 1.165) is 6.42 Å². The Labute approximate surface area is 174 Å². The number of likely N-dealkylation sites (tertiary alicyclic amines) is 1. The number of ketones is 1. The number of imide groups is 1. The number of amides is 2. The Kier molecular flexibility index (Phi) is 4.49. The molecule has 0 unspecified atom stereocenters. The molecule has 1 heterocycles. The summed E-state index contributed by atoms with van der Waals surface area (Å²) in [6.45, 7) is -0.370. The molecular weight excluding hydrogens is 386 g/mol. The first-order chi connectivity index (χ1) is 14.5. The molecule has 1 aromatic rings. The molecule has 5 aliphatic rings. The molecule has 30 heavy (non-hydrogen) atoms. The lowest BCUT2D eigenvalue weighted by molar-refractivity contribution is -0.145. The molecule has 156 valence electrons. The summed E-state index contributed by atoms with van der Waals surface area (Å²) in [5.74, 6) is 0.301. The zero-order valence-corrected chi connectivity index (χ0v) is 16.7. The van der Waals surface area contributed by atoms with Gasteiger partial charge in [0.05, 0.1) is 25.4 Å². The van der Waals surface area contributed by atoms with Crippen molar-refractivity contribution in [1.29, 1.82) is 0 Å². The molecule has 1 aliphatic heterocycles. The van der Waals surface area contributed by atoms with Crippen molar-refractivity contribution in [2.24, 2.45) is 35.5 Å². The minimum absolute atomic E-state index is 0.00893. The molecule has 2 saturated carbocycles. The van der Waals surface area contributed by atoms with Gasteiger partial charge in [-0.3, -0.25) is 24.1 Å². The fourth-order valence-corrected chi connectivity index (χ4v) is 5.52. The van der Waals surface area contributed by atoms with Gasteiger partial charge in [0.2, 0.25) is 11.8 Å². The van der Waals surface area contributed by atoms with Crippen LogP contribution < -0.4 is 4.74 Å². The van der Waals surface area contributed by atoms with Crippen LogP contribution >= 0.6 is 0 Å². The number of ether oxygens (including phenoxy) is 2. The third-order valence-electron chi connectivity index (χ3n) is 7.07. The number of benzene rings is 1. The van der Waals surface area contributed by atoms with Crippen LogP contribution in [0, 0.1) is 35.5 Å². The summed E-state index contributed by atoms with van der Waals surface area (Å²) in [7, 11) is 1.54. The normalized spacial score (nSPS) is 32.6. The highest BCUT2D eigenvalue weighted by atomic mass is 16.5. The highest BCUT2D eigenvalue weighted by Gasteiger charge is 2.66. The number of carbonyl (C=O) groups is 4. The highest BCUT2D eigenvalue weighted by Crippen LogP contribution is 2.65. The highest BCUT2D eigenvalue weighted by molar-refractivity contribution is 6.06. The lowest BCUT2D eigenvalue weighted by Gasteiger charge is -2.37. The lowest BCUT2D eigenvalue weighted by Crippen LogP contribution is -2.40. The number of carbonyl (C=O) groups excluding carboxylic acids is 4. The van der Waals surface area contributed by atoms with E-state index in [-0.39, 0.29) is 60.8 Å². The fraction of sp³-hybridized carbons (Fsp3) is 0.478. The fourth-order valence-electron chi connectivity index (χ4n) is 5.52. The summed E-state index contributed by atoms with van der Waals surface area (Å²) in [5, 5.41) is 0. The van der Waals surface area contributed by atoms with Gasteiger partial charge in [-0.15, -0.1) is 0 Å². The lowest BCUT2D eigenvalue weighted by atomic mass is 9.63. The Morgan fingerprint density at radius 3 is 2.17 bits per heavy atom. The van der Waals surface area contributed by atoms with Crippen molar-refractivity contribution < 1.29 is 28.7 Å². The van der Waals surface area contributed by atoms with E-state index in [1.54, 1.807) is 24.3 Å². The molecule has 1 aromatic carbocycles. The molecule has 6 atom stereocenters. The van der Waals surface area contributed by atoms with Crippen molar-refractivity contribution in [3.05, 3.63) is 42.0 Å². The van der Waals surface area contributed by atoms with Gasteiger partial charge in [0.1, 0.15) is 5.75 Å². The van der Waals surface area contributed by atoms with E-state index in [9.17, 15) is 19.2 Å². The van der Waals surface area contributed by atoms with Gasteiger partial charge in [-0.05, 0) is 54.4 Å². The molecule has 0 radical (unpaired) electrons. The van der Waals surface area contributed by atoms with Crippen molar-refractivity contribution in [3.8, 4) is 5.75 Å². The second-order valence-electron chi connectivity index (χ2n) is 8.55. The second-order valence-corrected chi connectivity index (χ2v) is 8.55. The van der Waals surface area contributed by atoms with Crippen LogP contribution in [0.5, 0.6) is 5.75 Å². The third-order valence-corrected chi connectivity index (χ3v) is 7.07. The largest absolute Gasteiger partial charge is 0.497 e. The van der Waals surface area contributed by atoms with Gasteiger partial charge in [-0.1, -0.05) is 12.2 Å². The molecule has 7 nitrogen and oxygen atoms in total. The standard InChI is InChI=1S/C23H23NO6/c1-29-13-4-2-12(3-5-13)18(25)11-30-19(26)8-9-24-22(27)20-14-6-7-15(17-10-16(14)17)21(20)23(24)28/h2-7,14-17,20-21H,8-11H2,1H3/t14-,15-,16-,17-,20-,21-/m1/s1. The van der Waals surface area contributed by atoms with E-state index in [4.69, 9.17) is 9.47 Å². The molecule has 2 bridgehead atoms. The van der Waals surface area contributed by atoms with Crippen LogP contribution in [0.25, 0.3) is 0 Å². The van der Waals surface area contributed by atoms with Crippen LogP contribution in [0.2, 0.25) is 0 Å². The predicted molar refractivity (Wildman–Crippen MR) is 104 cm³/mol. The Morgan fingerprint density at radius 2 is 1.60 bits per heavy atom. The summed E-state index contributed by atoms with van der Waals surface area (Å²) in [5.41, 5.74) is 0.416. The number of methoxy groups -OCH3 is 1. The van der Waals surface area contributed by atoms with Crippen LogP contribution in [0.3, 0.4) is 0 Å². The summed E-state index contributed by atoms with van der Waals surface area (Å²) in [6, 6.07) is 6.52. The zero-order valence-electron chi connectivity index (χ0n) is 16.7. The van der Waals surface area contributed by atoms with E-state index in [2.05, 4.69) is 12.2 Å². The van der Waals surface area contributed by atoms with E-state index in [1.165, 1.54) is 12.0 Å². The smallest absolute Gasteiger partial charge is 0.308 e. The molecular formula is C23H23NO6. The maximum Gasteiger partial charge on any atom is 0.308 e. The van der Waals surface area contributed by atoms with Gasteiger partial charge in [-0.25, -0.2) is 0 Å². The quantitative estimate of drug-likeness (QED) is 0.296. The van der Waals surface area contributed by atoms with Crippen LogP contribution in [-0.2, 0) is 19.1 Å². The molecule has 0 aromatic heterocycles. The first kappa shape index (κ1) is 19.0. The molecule has 6 rings (SSSR count). The molecule has 2 amide bonds. The number of rotatable bonds is 7. The summed E-state index contributed by atoms with van der Waals surface area (Å²) in [4.78, 5) is 51.2. The Hall–Kier alpha value is -2.96. The summed E-state index contributed by atoms with van der Waals surface area (Å²) >= 11 is 0. The monoisotopic (exact) mass is 409 g/mol. The van der Waals surface area contributed by atoms with Crippen molar-refractivity contribution >= 4 is 23.6 Å². The van der Waals surface area contributed by atoms with Gasteiger partial charge in [0.15, 0.2) is 12.4 Å². The van der Waals surface area contributed by atoms with Crippen molar-refractivity contribution in [2.45, 2.75) is 12.8 Å². The maximum atomic E-state index is 12.9. The van der Waals surface area contributed by atoms with Crippen molar-refractivity contribution in [3.63, 3.8) is 0 Å². The molecule has 1 saturated heterocycles. The van der Waals surface area contributed by atoms with Gasteiger partial charge in [-0.2, -0.15) is 0 Å². The maximum absolute atomic E-state index is 12.9. The number of allylic oxidation sites excluding steroid dienone is 2. The average molecular weight is 409 g/mol. The Bertz CT molecular complexity index is 915. The van der Waals surface area contributed by atoms with E-state index < -0.39 is 5.97 Å². The van der Waals surface area contributed by atoms with Crippen LogP contribution in [-0.4, -0.2) is 48.7 Å². The number of Topliss-reactive ketones (excluding diaryl/α,β-unsaturated/α-hetero) is 1. The Balaban J connectivity index is 1.14. The second kappa shape index (κ2) is 7.07. The number of esters is 1. The SMILES string of the molecule is COc1ccc(C(=O)COC(=O)CCN2C(=O)[C@@H]3[C@@H]4C=C[C@H]([C@H]5C[C@H]45)[C@H]3C2=O)cc1. The van der Waals surface area contributed by atoms with E-state index in [0.29, 0.717) is 23.1 Å². The van der Waals surface area contributed by atoms with Crippen LogP contribution in [0.4, 0.5) is 0 Å². The van der Waals surface area contributed by atoms with Crippen LogP contribution in [0.1, 0.15) is 23.2 Å². The third kappa shape index (κ3) is 2.95. The summed E-state index contributed by atoms with van der Waals surface area (Å²) < 4.78 is 10.1. The summed E-state index contributed by atoms with van der Waals surface area (Å²) in [6.07, 6.45) is 5.24. The molecule has 0 N–H and O–H groups in total. The van der Waals surface area contributed by atoms with Gasteiger partial charge in [0, 0.05) is 12.1 Å². The van der Waals surface area contributed by atoms with Crippen molar-refractivity contribution in [2.75, 3.05) is 20.3 Å². The number of hydrogen-bond acceptors (Lipinski definition) is 6. The minimum Gasteiger partial charge on any atom is -0.497 e. The van der Waals surface area contributed by atoms with E-state index in [1.807, 2.05) is 0 Å². The van der Waals surface area contributed by atoms with Gasteiger partial charge >= 0.3 is 5.97 Å². The predicted octanol–water partition coefficient (Wildman–Crippen LogP) is 1.86. The van der Waals surface area contributed by atoms with Gasteiger partial charge < -0.3 is 9.47 Å². The van der Waals surface area contributed by atoms with E-state index >= 15 is 0 Å². The first-order valence-corrected chi connectivity index (χ1v) is 10.4. The topological polar surface area (TPSA) is 90.0 Å². The number of nitrogens with zero attached hydrogens (tertiary/aromatic N) is 1. The molecule has 4 aliphatic carbocycles. The first-order valence-electron chi connectivity index (χ1n) is 10.4. The number of hydrogen-bond donors (Lipinski definition) is 0. The molecule has 7 heteroatoms. The zero-order chi connectivity index (χ0) is 21.0. The minimum atomic E-state index is -0.601. The average Bonchev–Trinajstić information content (AvgIpc) is 3.55. The van der Waals surface area contributed by atoms with Crippen molar-refractivity contribution in [1.82, 2.24) is 4.90 Å². The molecule has 3 fully saturated rings.